The van der Waals surface area contributed by atoms with Crippen molar-refractivity contribution in [2.24, 2.45) is 0 Å². The van der Waals surface area contributed by atoms with Crippen molar-refractivity contribution in [3.05, 3.63) is 57.8 Å². The van der Waals surface area contributed by atoms with Crippen molar-refractivity contribution in [1.29, 1.82) is 0 Å². The number of Topliss-reactive ketones (excluding diaryl/α,β-unsaturated/α-hetero) is 1. The molecule has 1 aromatic carbocycles. The van der Waals surface area contributed by atoms with Gasteiger partial charge in [-0.15, -0.1) is 11.3 Å². The summed E-state index contributed by atoms with van der Waals surface area (Å²) in [5.41, 5.74) is 1.08. The summed E-state index contributed by atoms with van der Waals surface area (Å²) in [6.07, 6.45) is 0. The molecule has 0 saturated heterocycles. The lowest BCUT2D eigenvalue weighted by Gasteiger charge is -2.11. The monoisotopic (exact) mass is 230 g/mol. The summed E-state index contributed by atoms with van der Waals surface area (Å²) in [4.78, 5) is 14.1. The molecule has 1 nitrogen and oxygen atoms in total. The zero-order valence-corrected chi connectivity index (χ0v) is 10.3. The van der Waals surface area contributed by atoms with Crippen LogP contribution in [0, 0.1) is 6.92 Å². The maximum Gasteiger partial charge on any atom is 0.142 e. The fourth-order valence-corrected chi connectivity index (χ4v) is 2.92. The average molecular weight is 230 g/mol. The quantitative estimate of drug-likeness (QED) is 0.784. The van der Waals surface area contributed by atoms with E-state index in [1.165, 1.54) is 4.88 Å². The Labute approximate surface area is 99.8 Å². The Morgan fingerprint density at radius 2 is 1.81 bits per heavy atom. The maximum absolute atomic E-state index is 11.8. The number of ketones is 1. The van der Waals surface area contributed by atoms with Crippen LogP contribution < -0.4 is 0 Å². The van der Waals surface area contributed by atoms with Crippen LogP contribution in [0.2, 0.25) is 0 Å². The molecule has 0 amide bonds. The van der Waals surface area contributed by atoms with Gasteiger partial charge in [0, 0.05) is 9.75 Å². The third-order valence-corrected chi connectivity index (χ3v) is 3.65. The summed E-state index contributed by atoms with van der Waals surface area (Å²) < 4.78 is 0. The molecule has 0 fully saturated rings. The second-order valence-corrected chi connectivity index (χ2v) is 5.22. The largest absolute Gasteiger partial charge is 0.299 e. The van der Waals surface area contributed by atoms with Crippen LogP contribution in [0.5, 0.6) is 0 Å². The molecule has 0 spiro atoms. The molecule has 82 valence electrons. The molecule has 0 saturated carbocycles. The average Bonchev–Trinajstić information content (AvgIpc) is 2.66. The van der Waals surface area contributed by atoms with Crippen LogP contribution in [-0.4, -0.2) is 5.78 Å². The van der Waals surface area contributed by atoms with E-state index in [4.69, 9.17) is 0 Å². The molecule has 0 aliphatic heterocycles. The highest BCUT2D eigenvalue weighted by Crippen LogP contribution is 2.30. The number of aryl methyl sites for hydroxylation is 1. The van der Waals surface area contributed by atoms with Crippen LogP contribution in [0.15, 0.2) is 42.5 Å². The standard InChI is InChI=1S/C14H14OS/c1-10-8-9-13(16-10)14(11(2)15)12-6-4-3-5-7-12/h3-9,14H,1-2H3. The maximum atomic E-state index is 11.8. The van der Waals surface area contributed by atoms with Gasteiger partial charge >= 0.3 is 0 Å². The van der Waals surface area contributed by atoms with Gasteiger partial charge in [0.05, 0.1) is 5.92 Å². The van der Waals surface area contributed by atoms with Crippen molar-refractivity contribution in [3.8, 4) is 0 Å². The first-order valence-corrected chi connectivity index (χ1v) is 6.12. The summed E-state index contributed by atoms with van der Waals surface area (Å²) in [5, 5.41) is 0. The number of carbonyl (C=O) groups excluding carboxylic acids is 1. The third kappa shape index (κ3) is 2.22. The van der Waals surface area contributed by atoms with E-state index in [2.05, 4.69) is 19.1 Å². The third-order valence-electron chi connectivity index (χ3n) is 2.59. The van der Waals surface area contributed by atoms with Gasteiger partial charge < -0.3 is 0 Å². The van der Waals surface area contributed by atoms with E-state index in [1.807, 2.05) is 30.3 Å². The van der Waals surface area contributed by atoms with Gasteiger partial charge in [-0.1, -0.05) is 30.3 Å². The van der Waals surface area contributed by atoms with E-state index in [9.17, 15) is 4.79 Å². The Balaban J connectivity index is 2.43. The Bertz CT molecular complexity index is 484. The second-order valence-electron chi connectivity index (χ2n) is 3.90. The van der Waals surface area contributed by atoms with Crippen molar-refractivity contribution in [3.63, 3.8) is 0 Å². The van der Waals surface area contributed by atoms with E-state index in [0.717, 1.165) is 10.4 Å². The minimum atomic E-state index is -0.0973. The van der Waals surface area contributed by atoms with Crippen LogP contribution in [0.1, 0.15) is 28.2 Å². The SMILES string of the molecule is CC(=O)C(c1ccccc1)c1ccc(C)s1. The number of rotatable bonds is 3. The van der Waals surface area contributed by atoms with Gasteiger partial charge in [0.15, 0.2) is 0 Å². The molecule has 2 aromatic rings. The fourth-order valence-electron chi connectivity index (χ4n) is 1.85. The normalized spacial score (nSPS) is 12.4. The Hall–Kier alpha value is -1.41. The van der Waals surface area contributed by atoms with E-state index >= 15 is 0 Å². The van der Waals surface area contributed by atoms with E-state index in [1.54, 1.807) is 18.3 Å². The summed E-state index contributed by atoms with van der Waals surface area (Å²) in [6.45, 7) is 3.73. The molecule has 1 aromatic heterocycles. The number of hydrogen-bond donors (Lipinski definition) is 0. The van der Waals surface area contributed by atoms with Gasteiger partial charge in [0.25, 0.3) is 0 Å². The van der Waals surface area contributed by atoms with E-state index < -0.39 is 0 Å². The molecule has 1 atom stereocenters. The van der Waals surface area contributed by atoms with E-state index in [0.29, 0.717) is 0 Å². The molecule has 0 radical (unpaired) electrons. The molecule has 1 unspecified atom stereocenters. The van der Waals surface area contributed by atoms with E-state index in [-0.39, 0.29) is 11.7 Å². The number of carbonyl (C=O) groups is 1. The molecule has 0 N–H and O–H groups in total. The predicted molar refractivity (Wildman–Crippen MR) is 68.0 cm³/mol. The van der Waals surface area contributed by atoms with Crippen molar-refractivity contribution in [1.82, 2.24) is 0 Å². The van der Waals surface area contributed by atoms with Crippen LogP contribution in [0.3, 0.4) is 0 Å². The van der Waals surface area contributed by atoms with Crippen LogP contribution >= 0.6 is 11.3 Å². The number of benzene rings is 1. The fraction of sp³-hybridized carbons (Fsp3) is 0.214. The molecular formula is C14H14OS. The smallest absolute Gasteiger partial charge is 0.142 e. The highest BCUT2D eigenvalue weighted by molar-refractivity contribution is 7.12. The minimum absolute atomic E-state index is 0.0973. The molecular weight excluding hydrogens is 216 g/mol. The molecule has 0 bridgehead atoms. The molecule has 0 aliphatic carbocycles. The lowest BCUT2D eigenvalue weighted by molar-refractivity contribution is -0.117. The lowest BCUT2D eigenvalue weighted by atomic mass is 9.94. The first-order valence-electron chi connectivity index (χ1n) is 5.30. The second kappa shape index (κ2) is 4.62. The Morgan fingerprint density at radius 1 is 1.12 bits per heavy atom. The van der Waals surface area contributed by atoms with Crippen molar-refractivity contribution in [2.45, 2.75) is 19.8 Å². The van der Waals surface area contributed by atoms with Gasteiger partial charge in [-0.3, -0.25) is 4.79 Å². The molecule has 2 rings (SSSR count). The van der Waals surface area contributed by atoms with Crippen LogP contribution in [-0.2, 0) is 4.79 Å². The van der Waals surface area contributed by atoms with Crippen molar-refractivity contribution in [2.75, 3.05) is 0 Å². The summed E-state index contributed by atoms with van der Waals surface area (Å²) >= 11 is 1.70. The molecule has 0 aliphatic rings. The predicted octanol–water partition coefficient (Wildman–Crippen LogP) is 3.78. The lowest BCUT2D eigenvalue weighted by Crippen LogP contribution is -2.08. The molecule has 1 heterocycles. The summed E-state index contributed by atoms with van der Waals surface area (Å²) in [5.74, 6) is 0.105. The van der Waals surface area contributed by atoms with Crippen LogP contribution in [0.25, 0.3) is 0 Å². The number of thiophene rings is 1. The van der Waals surface area contributed by atoms with Gasteiger partial charge in [0.2, 0.25) is 0 Å². The topological polar surface area (TPSA) is 17.1 Å². The zero-order chi connectivity index (χ0) is 11.5. The Morgan fingerprint density at radius 3 is 2.31 bits per heavy atom. The highest BCUT2D eigenvalue weighted by atomic mass is 32.1. The van der Waals surface area contributed by atoms with Gasteiger partial charge in [-0.2, -0.15) is 0 Å². The first kappa shape index (κ1) is 11.1. The number of hydrogen-bond acceptors (Lipinski definition) is 2. The molecule has 2 heteroatoms. The Kier molecular flexibility index (Phi) is 3.20. The molecule has 16 heavy (non-hydrogen) atoms. The highest BCUT2D eigenvalue weighted by Gasteiger charge is 2.20. The van der Waals surface area contributed by atoms with Gasteiger partial charge in [-0.25, -0.2) is 0 Å². The minimum Gasteiger partial charge on any atom is -0.299 e. The first-order chi connectivity index (χ1) is 7.68. The zero-order valence-electron chi connectivity index (χ0n) is 9.44. The van der Waals surface area contributed by atoms with Crippen molar-refractivity contribution >= 4 is 17.1 Å². The van der Waals surface area contributed by atoms with Crippen molar-refractivity contribution < 1.29 is 4.79 Å². The van der Waals surface area contributed by atoms with Gasteiger partial charge in [-0.05, 0) is 31.5 Å². The van der Waals surface area contributed by atoms with Crippen LogP contribution in [0.4, 0.5) is 0 Å². The van der Waals surface area contributed by atoms with Gasteiger partial charge in [0.1, 0.15) is 5.78 Å². The summed E-state index contributed by atoms with van der Waals surface area (Å²) in [6, 6.07) is 14.1. The summed E-state index contributed by atoms with van der Waals surface area (Å²) in [7, 11) is 0.